The summed E-state index contributed by atoms with van der Waals surface area (Å²) in [6.45, 7) is 2.97. The van der Waals surface area contributed by atoms with Crippen molar-refractivity contribution in [2.45, 2.75) is 38.5 Å². The van der Waals surface area contributed by atoms with E-state index in [1.54, 1.807) is 7.11 Å². The van der Waals surface area contributed by atoms with Crippen LogP contribution in [0.3, 0.4) is 0 Å². The zero-order chi connectivity index (χ0) is 20.2. The number of amides is 2. The van der Waals surface area contributed by atoms with E-state index in [4.69, 9.17) is 4.74 Å². The van der Waals surface area contributed by atoms with Crippen LogP contribution < -0.4 is 4.74 Å². The van der Waals surface area contributed by atoms with Gasteiger partial charge >= 0.3 is 0 Å². The number of carbonyl (C=O) groups excluding carboxylic acids is 2. The molecule has 1 unspecified atom stereocenters. The summed E-state index contributed by atoms with van der Waals surface area (Å²) in [5, 5.41) is 1.84. The molecule has 4 rings (SSSR count). The molecule has 2 aromatic carbocycles. The van der Waals surface area contributed by atoms with Gasteiger partial charge in [-0.3, -0.25) is 9.59 Å². The van der Waals surface area contributed by atoms with E-state index in [0.717, 1.165) is 55.3 Å². The van der Waals surface area contributed by atoms with Crippen LogP contribution in [0.2, 0.25) is 0 Å². The van der Waals surface area contributed by atoms with E-state index in [2.05, 4.69) is 0 Å². The van der Waals surface area contributed by atoms with Gasteiger partial charge in [0, 0.05) is 37.1 Å². The highest BCUT2D eigenvalue weighted by Gasteiger charge is 2.32. The average molecular weight is 395 g/mol. The van der Waals surface area contributed by atoms with Crippen LogP contribution in [0.4, 0.5) is 0 Å². The summed E-state index contributed by atoms with van der Waals surface area (Å²) < 4.78 is 5.46. The highest BCUT2D eigenvalue weighted by Crippen LogP contribution is 2.30. The fraction of sp³-hybridized carbons (Fsp3) is 0.500. The van der Waals surface area contributed by atoms with Crippen LogP contribution in [0, 0.1) is 5.92 Å². The number of fused-ring (bicyclic) bond motifs is 1. The molecule has 0 spiro atoms. The first-order chi connectivity index (χ1) is 14.2. The summed E-state index contributed by atoms with van der Waals surface area (Å²) in [6.07, 6.45) is 6.37. The lowest BCUT2D eigenvalue weighted by atomic mass is 9.95. The van der Waals surface area contributed by atoms with Gasteiger partial charge in [0.2, 0.25) is 5.91 Å². The van der Waals surface area contributed by atoms with Gasteiger partial charge in [0.1, 0.15) is 5.75 Å². The van der Waals surface area contributed by atoms with Gasteiger partial charge in [-0.25, -0.2) is 0 Å². The van der Waals surface area contributed by atoms with Gasteiger partial charge in [-0.05, 0) is 43.2 Å². The molecule has 2 saturated heterocycles. The van der Waals surface area contributed by atoms with Crippen molar-refractivity contribution in [3.63, 3.8) is 0 Å². The molecule has 0 bridgehead atoms. The van der Waals surface area contributed by atoms with Gasteiger partial charge in [0.05, 0.1) is 13.0 Å². The van der Waals surface area contributed by atoms with Crippen molar-refractivity contribution in [1.82, 2.24) is 9.80 Å². The predicted octanol–water partition coefficient (Wildman–Crippen LogP) is 4.10. The largest absolute Gasteiger partial charge is 0.496 e. The smallest absolute Gasteiger partial charge is 0.254 e. The zero-order valence-electron chi connectivity index (χ0n) is 17.2. The number of hydrogen-bond acceptors (Lipinski definition) is 3. The summed E-state index contributed by atoms with van der Waals surface area (Å²) in [6, 6.07) is 11.6. The van der Waals surface area contributed by atoms with Crippen molar-refractivity contribution in [2.75, 3.05) is 33.3 Å². The molecular weight excluding hydrogens is 364 g/mol. The number of benzene rings is 2. The zero-order valence-corrected chi connectivity index (χ0v) is 17.2. The van der Waals surface area contributed by atoms with Crippen LogP contribution in [-0.4, -0.2) is 54.9 Å². The molecular formula is C24H30N2O3. The van der Waals surface area contributed by atoms with E-state index in [9.17, 15) is 9.59 Å². The number of rotatable bonds is 3. The second-order valence-electron chi connectivity index (χ2n) is 8.19. The first kappa shape index (κ1) is 19.7. The maximum atomic E-state index is 13.4. The molecule has 5 heteroatoms. The number of likely N-dealkylation sites (tertiary alicyclic amines) is 2. The summed E-state index contributed by atoms with van der Waals surface area (Å²) >= 11 is 0. The molecule has 0 N–H and O–H groups in total. The van der Waals surface area contributed by atoms with Gasteiger partial charge in [-0.2, -0.15) is 0 Å². The SMILES string of the molecule is COc1ccc(C(=O)N2CCCC(C(=O)N3CCCCCC3)C2)c2ccccc12. The average Bonchev–Trinajstić information content (AvgIpc) is 3.07. The fourth-order valence-corrected chi connectivity index (χ4v) is 4.72. The van der Waals surface area contributed by atoms with E-state index >= 15 is 0 Å². The third kappa shape index (κ3) is 4.09. The quantitative estimate of drug-likeness (QED) is 0.787. The maximum absolute atomic E-state index is 13.4. The van der Waals surface area contributed by atoms with Crippen LogP contribution in [0.5, 0.6) is 5.75 Å². The van der Waals surface area contributed by atoms with E-state index in [1.165, 1.54) is 12.8 Å². The number of piperidine rings is 1. The molecule has 0 aliphatic carbocycles. The molecule has 2 aliphatic rings. The van der Waals surface area contributed by atoms with Gasteiger partial charge in [-0.15, -0.1) is 0 Å². The monoisotopic (exact) mass is 394 g/mol. The highest BCUT2D eigenvalue weighted by atomic mass is 16.5. The molecule has 0 radical (unpaired) electrons. The van der Waals surface area contributed by atoms with Gasteiger partial charge < -0.3 is 14.5 Å². The molecule has 2 aliphatic heterocycles. The molecule has 2 heterocycles. The Bertz CT molecular complexity index is 887. The molecule has 0 saturated carbocycles. The first-order valence-electron chi connectivity index (χ1n) is 10.8. The van der Waals surface area contributed by atoms with Gasteiger partial charge in [0.15, 0.2) is 0 Å². The van der Waals surface area contributed by atoms with Crippen LogP contribution in [0.1, 0.15) is 48.9 Å². The third-order valence-electron chi connectivity index (χ3n) is 6.31. The minimum atomic E-state index is -0.0738. The normalized spacial score (nSPS) is 20.4. The summed E-state index contributed by atoms with van der Waals surface area (Å²) in [7, 11) is 1.65. The molecule has 154 valence electrons. The molecule has 2 amide bonds. The lowest BCUT2D eigenvalue weighted by molar-refractivity contribution is -0.136. The number of ether oxygens (including phenoxy) is 1. The Hall–Kier alpha value is -2.56. The Balaban J connectivity index is 1.53. The Morgan fingerprint density at radius 2 is 1.55 bits per heavy atom. The standard InChI is InChI=1S/C24H30N2O3/c1-29-22-13-12-21(19-10-4-5-11-20(19)22)24(28)26-16-8-9-18(17-26)23(27)25-14-6-2-3-7-15-25/h4-5,10-13,18H,2-3,6-9,14-17H2,1H3. The number of hydrogen-bond donors (Lipinski definition) is 0. The van der Waals surface area contributed by atoms with E-state index in [1.807, 2.05) is 46.2 Å². The Morgan fingerprint density at radius 1 is 0.862 bits per heavy atom. The molecule has 0 aromatic heterocycles. The van der Waals surface area contributed by atoms with Crippen molar-refractivity contribution in [1.29, 1.82) is 0 Å². The van der Waals surface area contributed by atoms with Crippen molar-refractivity contribution < 1.29 is 14.3 Å². The van der Waals surface area contributed by atoms with Crippen LogP contribution in [0.25, 0.3) is 10.8 Å². The Kier molecular flexibility index (Phi) is 6.02. The first-order valence-corrected chi connectivity index (χ1v) is 10.8. The van der Waals surface area contributed by atoms with Gasteiger partial charge in [-0.1, -0.05) is 37.1 Å². The van der Waals surface area contributed by atoms with E-state index < -0.39 is 0 Å². The number of methoxy groups -OCH3 is 1. The molecule has 29 heavy (non-hydrogen) atoms. The van der Waals surface area contributed by atoms with Crippen LogP contribution >= 0.6 is 0 Å². The summed E-state index contributed by atoms with van der Waals surface area (Å²) in [5.74, 6) is 0.946. The topological polar surface area (TPSA) is 49.9 Å². The molecule has 1 atom stereocenters. The minimum Gasteiger partial charge on any atom is -0.496 e. The minimum absolute atomic E-state index is 0.0113. The predicted molar refractivity (Wildman–Crippen MR) is 114 cm³/mol. The Labute approximate surface area is 172 Å². The number of nitrogens with zero attached hydrogens (tertiary/aromatic N) is 2. The molecule has 2 aromatic rings. The second kappa shape index (κ2) is 8.85. The molecule has 5 nitrogen and oxygen atoms in total. The second-order valence-corrected chi connectivity index (χ2v) is 8.19. The van der Waals surface area contributed by atoms with Crippen LogP contribution in [0.15, 0.2) is 36.4 Å². The van der Waals surface area contributed by atoms with Crippen LogP contribution in [-0.2, 0) is 4.79 Å². The third-order valence-corrected chi connectivity index (χ3v) is 6.31. The van der Waals surface area contributed by atoms with E-state index in [-0.39, 0.29) is 17.7 Å². The maximum Gasteiger partial charge on any atom is 0.254 e. The Morgan fingerprint density at radius 3 is 2.28 bits per heavy atom. The highest BCUT2D eigenvalue weighted by molar-refractivity contribution is 6.08. The summed E-state index contributed by atoms with van der Waals surface area (Å²) in [5.41, 5.74) is 0.685. The summed E-state index contributed by atoms with van der Waals surface area (Å²) in [4.78, 5) is 30.4. The van der Waals surface area contributed by atoms with Crippen molar-refractivity contribution >= 4 is 22.6 Å². The fourth-order valence-electron chi connectivity index (χ4n) is 4.72. The lowest BCUT2D eigenvalue weighted by Crippen LogP contribution is -2.47. The van der Waals surface area contributed by atoms with Gasteiger partial charge in [0.25, 0.3) is 5.91 Å². The van der Waals surface area contributed by atoms with E-state index in [0.29, 0.717) is 18.7 Å². The molecule has 2 fully saturated rings. The lowest BCUT2D eigenvalue weighted by Gasteiger charge is -2.35. The number of carbonyl (C=O) groups is 2. The van der Waals surface area contributed by atoms with Crippen molar-refractivity contribution in [2.24, 2.45) is 5.92 Å². The van der Waals surface area contributed by atoms with Crippen molar-refractivity contribution in [3.8, 4) is 5.75 Å². The van der Waals surface area contributed by atoms with Crippen molar-refractivity contribution in [3.05, 3.63) is 42.0 Å².